The molecule has 0 bridgehead atoms. The maximum absolute atomic E-state index is 13.1. The van der Waals surface area contributed by atoms with Crippen molar-refractivity contribution in [2.45, 2.75) is 83.5 Å². The summed E-state index contributed by atoms with van der Waals surface area (Å²) in [4.78, 5) is 35.7. The number of carbonyl (C=O) groups is 2. The maximum atomic E-state index is 13.1. The van der Waals surface area contributed by atoms with Crippen LogP contribution in [0.5, 0.6) is 0 Å². The van der Waals surface area contributed by atoms with E-state index in [9.17, 15) is 9.59 Å². The summed E-state index contributed by atoms with van der Waals surface area (Å²) in [7, 11) is 0. The van der Waals surface area contributed by atoms with Gasteiger partial charge in [-0.3, -0.25) is 19.6 Å². The normalized spacial score (nSPS) is 18.6. The first-order valence-corrected chi connectivity index (χ1v) is 24.9. The van der Waals surface area contributed by atoms with E-state index in [-0.39, 0.29) is 25.7 Å². The Bertz CT molecular complexity index is 2440. The number of amides is 1. The summed E-state index contributed by atoms with van der Waals surface area (Å²) in [5.74, 6) is 0.726. The number of carboxylic acid groups (broad SMARTS) is 1. The van der Waals surface area contributed by atoms with E-state index in [0.717, 1.165) is 96.4 Å². The molecule has 62 heavy (non-hydrogen) atoms. The lowest BCUT2D eigenvalue weighted by molar-refractivity contribution is -0.136. The molecule has 4 aliphatic rings. The smallest absolute Gasteiger partial charge is 0.307 e. The van der Waals surface area contributed by atoms with Crippen molar-refractivity contribution in [2.75, 3.05) is 26.2 Å². The summed E-state index contributed by atoms with van der Waals surface area (Å²) in [5, 5.41) is 14.0. The molecular weight excluding hydrogens is 1080 g/mol. The molecule has 2 aliphatic carbocycles. The number of fused-ring (bicyclic) bond motifs is 4. The van der Waals surface area contributed by atoms with E-state index < -0.39 is 5.97 Å². The van der Waals surface area contributed by atoms with Crippen molar-refractivity contribution in [3.05, 3.63) is 157 Å². The van der Waals surface area contributed by atoms with E-state index in [1.807, 2.05) is 41.6 Å². The number of halogens is 6. The van der Waals surface area contributed by atoms with Gasteiger partial charge >= 0.3 is 5.97 Å². The first kappa shape index (κ1) is 47.3. The Morgan fingerprint density at radius 1 is 0.645 bits per heavy atom. The zero-order valence-corrected chi connectivity index (χ0v) is 41.4. The summed E-state index contributed by atoms with van der Waals surface area (Å²) in [5.41, 5.74) is 12.0. The second-order valence-electron chi connectivity index (χ2n) is 16.6. The number of pyridine rings is 2. The quantitative estimate of drug-likeness (QED) is 0.176. The number of rotatable bonds is 6. The van der Waals surface area contributed by atoms with E-state index in [0.29, 0.717) is 37.3 Å². The highest BCUT2D eigenvalue weighted by atomic mass is 79.9. The molecule has 326 valence electrons. The van der Waals surface area contributed by atoms with E-state index in [2.05, 4.69) is 93.3 Å². The molecule has 9 rings (SSSR count). The minimum atomic E-state index is -0.858. The topological polar surface area (TPSA) is 95.4 Å². The van der Waals surface area contributed by atoms with E-state index >= 15 is 0 Å². The number of carbonyl (C=O) groups excluding carboxylic acids is 1. The summed E-state index contributed by atoms with van der Waals surface area (Å²) < 4.78 is 4.21. The summed E-state index contributed by atoms with van der Waals surface area (Å²) >= 11 is 27.6. The number of carboxylic acids is 1. The average molecular weight is 1130 g/mol. The number of aromatic nitrogens is 2. The number of nitrogens with zero attached hydrogens (tertiary/aromatic N) is 3. The molecule has 0 saturated carbocycles. The van der Waals surface area contributed by atoms with Crippen LogP contribution in [0.15, 0.2) is 90.9 Å². The fraction of sp³-hybridized carbons (Fsp3) is 0.388. The Hall–Kier alpha value is -2.64. The van der Waals surface area contributed by atoms with Gasteiger partial charge in [0.05, 0.1) is 24.2 Å². The van der Waals surface area contributed by atoms with Gasteiger partial charge in [-0.1, -0.05) is 86.8 Å². The zero-order chi connectivity index (χ0) is 42.8. The third-order valence-electron chi connectivity index (χ3n) is 12.8. The molecule has 2 N–H and O–H groups in total. The lowest BCUT2D eigenvalue weighted by atomic mass is 9.76. The fourth-order valence-electron chi connectivity index (χ4n) is 9.96. The first-order valence-electron chi connectivity index (χ1n) is 20.9. The van der Waals surface area contributed by atoms with Crippen molar-refractivity contribution in [1.82, 2.24) is 20.2 Å². The number of aliphatic carboxylic acids is 1. The van der Waals surface area contributed by atoms with Crippen LogP contribution in [-0.2, 0) is 48.1 Å². The predicted molar refractivity (Wildman–Crippen MR) is 264 cm³/mol. The molecule has 7 nitrogen and oxygen atoms in total. The van der Waals surface area contributed by atoms with E-state index in [4.69, 9.17) is 38.3 Å². The SMILES string of the molecule is C.Clc1cc(Br)c2c(c1)CCc1cc(Br)cnc1[C@@H]2C1CCNCC1.O=C(O)Cc1ccc(CC(=O)N2CCC([C@H]3c4ncc(Br)cc4CCc4cc(Cl)cc(Br)c43)CC2)cc1. The molecule has 1 amide bonds. The van der Waals surface area contributed by atoms with E-state index in [1.165, 1.54) is 51.9 Å². The van der Waals surface area contributed by atoms with Crippen molar-refractivity contribution in [3.63, 3.8) is 0 Å². The first-order chi connectivity index (χ1) is 29.4. The second-order valence-corrected chi connectivity index (χ2v) is 21.1. The van der Waals surface area contributed by atoms with Crippen LogP contribution in [-0.4, -0.2) is 58.0 Å². The molecule has 0 radical (unpaired) electrons. The Morgan fingerprint density at radius 3 is 1.55 bits per heavy atom. The fourth-order valence-corrected chi connectivity index (χ4v) is 13.0. The number of piperidine rings is 2. The van der Waals surface area contributed by atoms with Crippen LogP contribution < -0.4 is 5.32 Å². The van der Waals surface area contributed by atoms with Gasteiger partial charge in [-0.2, -0.15) is 0 Å². The molecule has 0 unspecified atom stereocenters. The largest absolute Gasteiger partial charge is 0.481 e. The summed E-state index contributed by atoms with van der Waals surface area (Å²) in [6.07, 6.45) is 12.2. The van der Waals surface area contributed by atoms with Crippen molar-refractivity contribution in [1.29, 1.82) is 0 Å². The average Bonchev–Trinajstić information content (AvgIpc) is 3.50. The predicted octanol–water partition coefficient (Wildman–Crippen LogP) is 12.7. The molecule has 0 spiro atoms. The van der Waals surface area contributed by atoms with Gasteiger partial charge in [-0.15, -0.1) is 0 Å². The van der Waals surface area contributed by atoms with Gasteiger partial charge in [0.2, 0.25) is 5.91 Å². The van der Waals surface area contributed by atoms with Gasteiger partial charge in [-0.25, -0.2) is 0 Å². The third-order valence-corrected chi connectivity index (χ3v) is 15.4. The van der Waals surface area contributed by atoms with Crippen LogP contribution >= 0.6 is 86.9 Å². The van der Waals surface area contributed by atoms with Crippen molar-refractivity contribution < 1.29 is 14.7 Å². The van der Waals surface area contributed by atoms with E-state index in [1.54, 1.807) is 12.1 Å². The molecule has 5 aromatic rings. The lowest BCUT2D eigenvalue weighted by Gasteiger charge is -2.37. The molecule has 2 atom stereocenters. The number of nitrogens with one attached hydrogen (secondary N) is 1. The number of likely N-dealkylation sites (tertiary alicyclic amines) is 1. The maximum Gasteiger partial charge on any atom is 0.307 e. The minimum absolute atomic E-state index is 0. The molecule has 13 heteroatoms. The van der Waals surface area contributed by atoms with Crippen LogP contribution in [0.3, 0.4) is 0 Å². The Morgan fingerprint density at radius 2 is 1.08 bits per heavy atom. The molecular formula is C49H50Br4Cl2N4O3. The standard InChI is InChI=1S/C29H27Br2ClN2O3.C19H19Br2ClN2.CH4/c30-22-13-21-6-5-20-14-23(32)15-24(31)27(20)28(29(21)33-16-22)19-7-9-34(10-8-19)25(35)11-17-1-3-18(4-2-17)12-26(36)37;20-14-7-13-2-1-12-8-15(22)9-16(21)17(12)18(19(13)24-10-14)11-3-5-23-6-4-11;/h1-4,13-16,19,28H,5-12H2,(H,36,37);7-11,18,23H,1-6H2;1H4/t28-;18-;/m11./s1. The Balaban J connectivity index is 0.000000200. The molecule has 2 aliphatic heterocycles. The molecule has 4 heterocycles. The van der Waals surface area contributed by atoms with Crippen molar-refractivity contribution in [3.8, 4) is 0 Å². The number of aryl methyl sites for hydroxylation is 4. The zero-order valence-electron chi connectivity index (χ0n) is 33.5. The summed E-state index contributed by atoms with van der Waals surface area (Å²) in [6.45, 7) is 3.61. The molecule has 2 saturated heterocycles. The highest BCUT2D eigenvalue weighted by Crippen LogP contribution is 2.47. The number of hydrogen-bond acceptors (Lipinski definition) is 5. The lowest BCUT2D eigenvalue weighted by Crippen LogP contribution is -2.40. The Kier molecular flexibility index (Phi) is 16.1. The van der Waals surface area contributed by atoms with Crippen LogP contribution in [0.1, 0.15) is 101 Å². The van der Waals surface area contributed by atoms with Gasteiger partial charge in [-0.05, 0) is 189 Å². The molecule has 3 aromatic carbocycles. The van der Waals surface area contributed by atoms with Gasteiger partial charge in [0, 0.05) is 65.3 Å². The Labute approximate surface area is 408 Å². The van der Waals surface area contributed by atoms with Gasteiger partial charge < -0.3 is 15.3 Å². The van der Waals surface area contributed by atoms with Crippen LogP contribution in [0.4, 0.5) is 0 Å². The number of hydrogen-bond donors (Lipinski definition) is 2. The van der Waals surface area contributed by atoms with Crippen molar-refractivity contribution in [2.24, 2.45) is 11.8 Å². The van der Waals surface area contributed by atoms with Gasteiger partial charge in [0.15, 0.2) is 0 Å². The number of benzene rings is 3. The van der Waals surface area contributed by atoms with Gasteiger partial charge in [0.25, 0.3) is 0 Å². The minimum Gasteiger partial charge on any atom is -0.481 e. The highest BCUT2D eigenvalue weighted by Gasteiger charge is 2.37. The summed E-state index contributed by atoms with van der Waals surface area (Å²) in [6, 6.07) is 20.0. The van der Waals surface area contributed by atoms with Gasteiger partial charge in [0.1, 0.15) is 0 Å². The van der Waals surface area contributed by atoms with Crippen LogP contribution in [0.2, 0.25) is 10.0 Å². The van der Waals surface area contributed by atoms with Crippen LogP contribution in [0, 0.1) is 11.8 Å². The second kappa shape index (κ2) is 21.1. The molecule has 2 aromatic heterocycles. The third kappa shape index (κ3) is 10.9. The monoisotopic (exact) mass is 1130 g/mol. The molecule has 2 fully saturated rings. The van der Waals surface area contributed by atoms with Crippen molar-refractivity contribution >= 4 is 98.8 Å². The van der Waals surface area contributed by atoms with Crippen LogP contribution in [0.25, 0.3) is 0 Å². The highest BCUT2D eigenvalue weighted by molar-refractivity contribution is 9.11.